The minimum atomic E-state index is -0.115. The Hall–Kier alpha value is -3.93. The Morgan fingerprint density at radius 2 is 1.64 bits per heavy atom. The molecule has 168 valence electrons. The normalized spacial score (nSPS) is 10.8. The molecule has 0 saturated carbocycles. The fourth-order valence-corrected chi connectivity index (χ4v) is 3.79. The molecule has 4 rings (SSSR count). The second-order valence-electron chi connectivity index (χ2n) is 8.21. The van der Waals surface area contributed by atoms with Crippen molar-refractivity contribution in [2.45, 2.75) is 26.4 Å². The summed E-state index contributed by atoms with van der Waals surface area (Å²) >= 11 is 0. The summed E-state index contributed by atoms with van der Waals surface area (Å²) in [6.45, 7) is 3.17. The number of aryl methyl sites for hydroxylation is 1. The van der Waals surface area contributed by atoms with Crippen LogP contribution in [0.3, 0.4) is 0 Å². The molecular weight excluding hydrogens is 412 g/mol. The number of hydrogen-bond donors (Lipinski definition) is 1. The summed E-state index contributed by atoms with van der Waals surface area (Å²) in [5, 5.41) is 2.96. The molecule has 33 heavy (non-hydrogen) atoms. The van der Waals surface area contributed by atoms with Crippen molar-refractivity contribution >= 4 is 22.8 Å². The molecule has 0 bridgehead atoms. The molecule has 0 radical (unpaired) electrons. The second-order valence-corrected chi connectivity index (χ2v) is 8.21. The van der Waals surface area contributed by atoms with Crippen molar-refractivity contribution < 1.29 is 9.59 Å². The number of nitrogens with one attached hydrogen (secondary N) is 1. The molecule has 2 amide bonds. The average Bonchev–Trinajstić information content (AvgIpc) is 3.17. The van der Waals surface area contributed by atoms with E-state index in [1.165, 1.54) is 0 Å². The molecular formula is C27H28N4O2. The van der Waals surface area contributed by atoms with Gasteiger partial charge >= 0.3 is 0 Å². The zero-order chi connectivity index (χ0) is 23.2. The number of carbonyl (C=O) groups is 2. The zero-order valence-corrected chi connectivity index (χ0v) is 19.0. The number of fused-ring (bicyclic) bond motifs is 1. The Labute approximate surface area is 193 Å². The van der Waals surface area contributed by atoms with Gasteiger partial charge in [-0.1, -0.05) is 60.2 Å². The molecule has 0 unspecified atom stereocenters. The van der Waals surface area contributed by atoms with Gasteiger partial charge < -0.3 is 14.8 Å². The van der Waals surface area contributed by atoms with E-state index in [4.69, 9.17) is 4.98 Å². The number of nitrogens with zero attached hydrogens (tertiary/aromatic N) is 3. The molecule has 0 aliphatic carbocycles. The predicted octanol–water partition coefficient (Wildman–Crippen LogP) is 3.98. The molecule has 6 heteroatoms. The van der Waals surface area contributed by atoms with Crippen LogP contribution < -0.4 is 5.32 Å². The van der Waals surface area contributed by atoms with E-state index in [0.717, 1.165) is 28.0 Å². The molecule has 1 heterocycles. The lowest BCUT2D eigenvalue weighted by Crippen LogP contribution is -2.31. The number of likely N-dealkylation sites (N-methyl/N-ethyl adjacent to an activating group) is 1. The molecule has 0 spiro atoms. The maximum atomic E-state index is 13.0. The Kier molecular flexibility index (Phi) is 6.83. The van der Waals surface area contributed by atoms with Gasteiger partial charge in [-0.25, -0.2) is 4.98 Å². The Bertz CT molecular complexity index is 1250. The summed E-state index contributed by atoms with van der Waals surface area (Å²) in [6.07, 6.45) is 0.530. The van der Waals surface area contributed by atoms with E-state index >= 15 is 0 Å². The first-order valence-electron chi connectivity index (χ1n) is 11.1. The van der Waals surface area contributed by atoms with Crippen LogP contribution in [0.5, 0.6) is 0 Å². The summed E-state index contributed by atoms with van der Waals surface area (Å²) in [5.74, 6) is 0.671. The lowest BCUT2D eigenvalue weighted by atomic mass is 10.1. The summed E-state index contributed by atoms with van der Waals surface area (Å²) in [5.41, 5.74) is 4.59. The van der Waals surface area contributed by atoms with Crippen LogP contribution >= 0.6 is 0 Å². The van der Waals surface area contributed by atoms with Crippen molar-refractivity contribution in [2.75, 3.05) is 13.6 Å². The third kappa shape index (κ3) is 5.47. The molecule has 0 atom stereocenters. The lowest BCUT2D eigenvalue weighted by molar-refractivity contribution is -0.131. The van der Waals surface area contributed by atoms with Crippen LogP contribution in [0.4, 0.5) is 0 Å². The minimum absolute atomic E-state index is 0.00643. The number of aromatic nitrogens is 2. The summed E-state index contributed by atoms with van der Waals surface area (Å²) in [7, 11) is 1.82. The third-order valence-corrected chi connectivity index (χ3v) is 5.66. The Morgan fingerprint density at radius 1 is 0.939 bits per heavy atom. The van der Waals surface area contributed by atoms with E-state index in [1.807, 2.05) is 97.4 Å². The van der Waals surface area contributed by atoms with E-state index < -0.39 is 0 Å². The number of amides is 2. The fraction of sp³-hybridized carbons (Fsp3) is 0.222. The van der Waals surface area contributed by atoms with Gasteiger partial charge in [0.05, 0.1) is 11.0 Å². The maximum absolute atomic E-state index is 13.0. The number of rotatable bonds is 8. The fourth-order valence-electron chi connectivity index (χ4n) is 3.79. The van der Waals surface area contributed by atoms with Crippen LogP contribution in [0.15, 0.2) is 78.9 Å². The SMILES string of the molecule is Cc1ccc(C(=O)NCCc2nc3ccccc3n2CC(=O)N(C)Cc2ccccc2)cc1. The number of imidazole rings is 1. The maximum Gasteiger partial charge on any atom is 0.251 e. The highest BCUT2D eigenvalue weighted by molar-refractivity contribution is 5.94. The molecule has 0 fully saturated rings. The van der Waals surface area contributed by atoms with Crippen LogP contribution in [0.25, 0.3) is 11.0 Å². The zero-order valence-electron chi connectivity index (χ0n) is 19.0. The molecule has 0 saturated heterocycles. The monoisotopic (exact) mass is 440 g/mol. The summed E-state index contributed by atoms with van der Waals surface area (Å²) < 4.78 is 1.96. The highest BCUT2D eigenvalue weighted by Gasteiger charge is 2.16. The van der Waals surface area contributed by atoms with E-state index in [1.54, 1.807) is 4.90 Å². The van der Waals surface area contributed by atoms with Crippen molar-refractivity contribution in [1.29, 1.82) is 0 Å². The van der Waals surface area contributed by atoms with Crippen molar-refractivity contribution in [3.63, 3.8) is 0 Å². The minimum Gasteiger partial charge on any atom is -0.352 e. The van der Waals surface area contributed by atoms with Crippen molar-refractivity contribution in [3.05, 3.63) is 101 Å². The van der Waals surface area contributed by atoms with E-state index in [9.17, 15) is 9.59 Å². The van der Waals surface area contributed by atoms with Gasteiger partial charge in [-0.05, 0) is 36.8 Å². The van der Waals surface area contributed by atoms with Gasteiger partial charge in [-0.15, -0.1) is 0 Å². The quantitative estimate of drug-likeness (QED) is 0.451. The molecule has 1 aromatic heterocycles. The van der Waals surface area contributed by atoms with Crippen molar-refractivity contribution in [1.82, 2.24) is 19.8 Å². The number of carbonyl (C=O) groups excluding carboxylic acids is 2. The van der Waals surface area contributed by atoms with Crippen LogP contribution in [0.1, 0.15) is 27.3 Å². The molecule has 0 aliphatic heterocycles. The standard InChI is InChI=1S/C27H28N4O2/c1-20-12-14-22(15-13-20)27(33)28-17-16-25-29-23-10-6-7-11-24(23)31(25)19-26(32)30(2)18-21-8-4-3-5-9-21/h3-15H,16-19H2,1-2H3,(H,28,33). The van der Waals surface area contributed by atoms with Crippen LogP contribution in [0, 0.1) is 6.92 Å². The molecule has 6 nitrogen and oxygen atoms in total. The predicted molar refractivity (Wildman–Crippen MR) is 130 cm³/mol. The Balaban J connectivity index is 1.45. The number of benzene rings is 3. The summed E-state index contributed by atoms with van der Waals surface area (Å²) in [4.78, 5) is 31.9. The van der Waals surface area contributed by atoms with Gasteiger partial charge in [0.15, 0.2) is 0 Å². The molecule has 1 N–H and O–H groups in total. The van der Waals surface area contributed by atoms with Gasteiger partial charge in [0.2, 0.25) is 5.91 Å². The van der Waals surface area contributed by atoms with Crippen LogP contribution in [-0.4, -0.2) is 39.9 Å². The van der Waals surface area contributed by atoms with E-state index in [-0.39, 0.29) is 18.4 Å². The highest BCUT2D eigenvalue weighted by Crippen LogP contribution is 2.17. The van der Waals surface area contributed by atoms with Crippen molar-refractivity contribution in [2.24, 2.45) is 0 Å². The molecule has 3 aromatic carbocycles. The number of para-hydroxylation sites is 2. The van der Waals surface area contributed by atoms with Gasteiger partial charge in [-0.2, -0.15) is 0 Å². The van der Waals surface area contributed by atoms with Gasteiger partial charge in [0, 0.05) is 32.1 Å². The first-order chi connectivity index (χ1) is 16.0. The smallest absolute Gasteiger partial charge is 0.251 e. The first-order valence-corrected chi connectivity index (χ1v) is 11.1. The molecule has 4 aromatic rings. The highest BCUT2D eigenvalue weighted by atomic mass is 16.2. The van der Waals surface area contributed by atoms with Crippen LogP contribution in [-0.2, 0) is 24.3 Å². The van der Waals surface area contributed by atoms with E-state index in [2.05, 4.69) is 5.32 Å². The Morgan fingerprint density at radius 3 is 2.39 bits per heavy atom. The topological polar surface area (TPSA) is 67.2 Å². The second kappa shape index (κ2) is 10.1. The van der Waals surface area contributed by atoms with Gasteiger partial charge in [-0.3, -0.25) is 9.59 Å². The van der Waals surface area contributed by atoms with Crippen LogP contribution in [0.2, 0.25) is 0 Å². The third-order valence-electron chi connectivity index (χ3n) is 5.66. The average molecular weight is 441 g/mol. The van der Waals surface area contributed by atoms with Crippen molar-refractivity contribution in [3.8, 4) is 0 Å². The van der Waals surface area contributed by atoms with Gasteiger partial charge in [0.1, 0.15) is 12.4 Å². The molecule has 0 aliphatic rings. The van der Waals surface area contributed by atoms with Gasteiger partial charge in [0.25, 0.3) is 5.91 Å². The first kappa shape index (κ1) is 22.3. The summed E-state index contributed by atoms with van der Waals surface area (Å²) in [6, 6.07) is 25.2. The number of hydrogen-bond acceptors (Lipinski definition) is 3. The lowest BCUT2D eigenvalue weighted by Gasteiger charge is -2.19. The largest absolute Gasteiger partial charge is 0.352 e. The van der Waals surface area contributed by atoms with E-state index in [0.29, 0.717) is 25.1 Å².